The molecule has 96 valence electrons. The molecule has 20 heavy (non-hydrogen) atoms. The van der Waals surface area contributed by atoms with Crippen molar-refractivity contribution >= 4 is 43.3 Å². The molecule has 0 aliphatic heterocycles. The summed E-state index contributed by atoms with van der Waals surface area (Å²) in [5.74, 6) is 0.823. The minimum Gasteiger partial charge on any atom is -0.339 e. The highest BCUT2D eigenvalue weighted by Gasteiger charge is 2.11. The summed E-state index contributed by atoms with van der Waals surface area (Å²) < 4.78 is 1.03. The second-order valence-electron chi connectivity index (χ2n) is 4.35. The van der Waals surface area contributed by atoms with Crippen LogP contribution < -0.4 is 5.32 Å². The van der Waals surface area contributed by atoms with Gasteiger partial charge in [0.25, 0.3) is 0 Å². The van der Waals surface area contributed by atoms with Crippen molar-refractivity contribution in [3.05, 3.63) is 55.0 Å². The van der Waals surface area contributed by atoms with Crippen molar-refractivity contribution in [2.24, 2.45) is 0 Å². The van der Waals surface area contributed by atoms with Crippen molar-refractivity contribution in [3.63, 3.8) is 0 Å². The molecule has 4 aromatic rings. The molecule has 1 N–H and O–H groups in total. The quantitative estimate of drug-likeness (QED) is 0.602. The van der Waals surface area contributed by atoms with E-state index in [-0.39, 0.29) is 0 Å². The second kappa shape index (κ2) is 4.54. The van der Waals surface area contributed by atoms with Crippen LogP contribution >= 0.6 is 11.3 Å². The summed E-state index contributed by atoms with van der Waals surface area (Å²) >= 11 is 1.61. The fourth-order valence-electron chi connectivity index (χ4n) is 2.16. The number of fused-ring (bicyclic) bond motifs is 3. The molecule has 1 aromatic carbocycles. The first-order valence-corrected chi connectivity index (χ1v) is 7.04. The van der Waals surface area contributed by atoms with Crippen LogP contribution in [-0.4, -0.2) is 15.0 Å². The molecule has 0 fully saturated rings. The molecule has 0 saturated heterocycles. The zero-order chi connectivity index (χ0) is 13.4. The van der Waals surface area contributed by atoms with Gasteiger partial charge in [0, 0.05) is 17.3 Å². The summed E-state index contributed by atoms with van der Waals surface area (Å²) in [4.78, 5) is 14.1. The van der Waals surface area contributed by atoms with Crippen molar-refractivity contribution in [3.8, 4) is 0 Å². The van der Waals surface area contributed by atoms with Crippen LogP contribution in [0.1, 0.15) is 0 Å². The molecular weight excluding hydrogens is 268 g/mol. The smallest absolute Gasteiger partial charge is 0.151 e. The Bertz CT molecular complexity index is 886. The number of anilines is 2. The predicted molar refractivity (Wildman–Crippen MR) is 82.4 cm³/mol. The van der Waals surface area contributed by atoms with Crippen molar-refractivity contribution in [2.75, 3.05) is 5.32 Å². The summed E-state index contributed by atoms with van der Waals surface area (Å²) in [5, 5.41) is 4.41. The van der Waals surface area contributed by atoms with Crippen LogP contribution in [0.15, 0.2) is 55.0 Å². The van der Waals surface area contributed by atoms with Gasteiger partial charge in [0.15, 0.2) is 5.82 Å². The highest BCUT2D eigenvalue weighted by Crippen LogP contribution is 2.35. The lowest BCUT2D eigenvalue weighted by Crippen LogP contribution is -1.93. The number of pyridine rings is 1. The van der Waals surface area contributed by atoms with Crippen LogP contribution in [0, 0.1) is 0 Å². The molecule has 4 rings (SSSR count). The third kappa shape index (κ3) is 1.80. The molecule has 0 spiro atoms. The monoisotopic (exact) mass is 278 g/mol. The summed E-state index contributed by atoms with van der Waals surface area (Å²) in [7, 11) is 0. The first kappa shape index (κ1) is 11.3. The highest BCUT2D eigenvalue weighted by atomic mass is 32.1. The normalized spacial score (nSPS) is 11.0. The minimum absolute atomic E-state index is 0.823. The van der Waals surface area contributed by atoms with E-state index >= 15 is 0 Å². The second-order valence-corrected chi connectivity index (χ2v) is 5.35. The zero-order valence-corrected chi connectivity index (χ0v) is 11.3. The molecule has 0 radical (unpaired) electrons. The van der Waals surface area contributed by atoms with E-state index in [9.17, 15) is 0 Å². The van der Waals surface area contributed by atoms with Gasteiger partial charge in [0.2, 0.25) is 0 Å². The number of rotatable bonds is 2. The zero-order valence-electron chi connectivity index (χ0n) is 10.4. The Morgan fingerprint density at radius 3 is 2.70 bits per heavy atom. The average Bonchev–Trinajstić information content (AvgIpc) is 2.88. The SMILES string of the molecule is c1ccc(Nc2ncnc3c2sc2ncccc23)cc1. The van der Waals surface area contributed by atoms with Crippen LogP contribution in [0.4, 0.5) is 11.5 Å². The average molecular weight is 278 g/mol. The summed E-state index contributed by atoms with van der Waals surface area (Å²) in [5.41, 5.74) is 1.96. The minimum atomic E-state index is 0.823. The van der Waals surface area contributed by atoms with Crippen LogP contribution in [0.3, 0.4) is 0 Å². The van der Waals surface area contributed by atoms with Gasteiger partial charge in [-0.15, -0.1) is 11.3 Å². The summed E-state index contributed by atoms with van der Waals surface area (Å²) in [6.45, 7) is 0. The van der Waals surface area contributed by atoms with Gasteiger partial charge in [0.05, 0.1) is 10.2 Å². The van der Waals surface area contributed by atoms with E-state index in [1.807, 2.05) is 42.5 Å². The number of para-hydroxylation sites is 1. The molecule has 3 heterocycles. The number of hydrogen-bond acceptors (Lipinski definition) is 5. The Hall–Kier alpha value is -2.53. The fraction of sp³-hybridized carbons (Fsp3) is 0. The number of hydrogen-bond donors (Lipinski definition) is 1. The lowest BCUT2D eigenvalue weighted by Gasteiger charge is -2.05. The molecule has 0 aliphatic rings. The Kier molecular flexibility index (Phi) is 2.57. The standard InChI is InChI=1S/C15H10N4S/c1-2-5-10(6-3-1)19-14-13-12(17-9-18-14)11-7-4-8-16-15(11)20-13/h1-9H,(H,17,18,19). The largest absolute Gasteiger partial charge is 0.339 e. The maximum Gasteiger partial charge on any atom is 0.151 e. The van der Waals surface area contributed by atoms with Gasteiger partial charge in [0.1, 0.15) is 11.2 Å². The van der Waals surface area contributed by atoms with Gasteiger partial charge < -0.3 is 5.32 Å². The molecule has 3 aromatic heterocycles. The number of aromatic nitrogens is 3. The Labute approximate surface area is 119 Å². The van der Waals surface area contributed by atoms with Crippen LogP contribution in [0.2, 0.25) is 0 Å². The van der Waals surface area contributed by atoms with Crippen molar-refractivity contribution in [2.45, 2.75) is 0 Å². The Balaban J connectivity index is 1.91. The molecule has 0 amide bonds. The molecule has 0 unspecified atom stereocenters. The topological polar surface area (TPSA) is 50.7 Å². The number of benzene rings is 1. The molecule has 0 bridgehead atoms. The van der Waals surface area contributed by atoms with Crippen molar-refractivity contribution in [1.82, 2.24) is 15.0 Å². The van der Waals surface area contributed by atoms with Crippen LogP contribution in [0.5, 0.6) is 0 Å². The van der Waals surface area contributed by atoms with Crippen molar-refractivity contribution < 1.29 is 0 Å². The predicted octanol–water partition coefficient (Wildman–Crippen LogP) is 3.98. The molecule has 0 aliphatic carbocycles. The molecule has 0 atom stereocenters. The van der Waals surface area contributed by atoms with Gasteiger partial charge in [-0.3, -0.25) is 0 Å². The lowest BCUT2D eigenvalue weighted by molar-refractivity contribution is 1.23. The molecular formula is C15H10N4S. The first-order valence-electron chi connectivity index (χ1n) is 6.22. The Morgan fingerprint density at radius 1 is 0.900 bits per heavy atom. The lowest BCUT2D eigenvalue weighted by atomic mass is 10.3. The fourth-order valence-corrected chi connectivity index (χ4v) is 3.20. The van der Waals surface area contributed by atoms with E-state index < -0.39 is 0 Å². The van der Waals surface area contributed by atoms with Crippen molar-refractivity contribution in [1.29, 1.82) is 0 Å². The van der Waals surface area contributed by atoms with E-state index in [1.54, 1.807) is 23.9 Å². The van der Waals surface area contributed by atoms with E-state index in [2.05, 4.69) is 20.3 Å². The molecule has 0 saturated carbocycles. The van der Waals surface area contributed by atoms with Gasteiger partial charge >= 0.3 is 0 Å². The number of thiophene rings is 1. The number of nitrogens with one attached hydrogen (secondary N) is 1. The van der Waals surface area contributed by atoms with Gasteiger partial charge in [-0.05, 0) is 24.3 Å². The van der Waals surface area contributed by atoms with Gasteiger partial charge in [-0.1, -0.05) is 18.2 Å². The Morgan fingerprint density at radius 2 is 1.80 bits per heavy atom. The third-order valence-electron chi connectivity index (χ3n) is 3.07. The van der Waals surface area contributed by atoms with Crippen LogP contribution in [0.25, 0.3) is 20.4 Å². The van der Waals surface area contributed by atoms with E-state index in [1.165, 1.54) is 0 Å². The maximum atomic E-state index is 4.39. The highest BCUT2D eigenvalue weighted by molar-refractivity contribution is 7.25. The van der Waals surface area contributed by atoms with Gasteiger partial charge in [-0.2, -0.15) is 0 Å². The van der Waals surface area contributed by atoms with E-state index in [0.717, 1.165) is 31.9 Å². The third-order valence-corrected chi connectivity index (χ3v) is 4.17. The van der Waals surface area contributed by atoms with E-state index in [0.29, 0.717) is 0 Å². The van der Waals surface area contributed by atoms with Crippen LogP contribution in [-0.2, 0) is 0 Å². The summed E-state index contributed by atoms with van der Waals surface area (Å²) in [6, 6.07) is 14.0. The van der Waals surface area contributed by atoms with E-state index in [4.69, 9.17) is 0 Å². The molecule has 5 heteroatoms. The van der Waals surface area contributed by atoms with Gasteiger partial charge in [-0.25, -0.2) is 15.0 Å². The molecule has 4 nitrogen and oxygen atoms in total. The first-order chi connectivity index (χ1) is 9.92. The number of nitrogens with zero attached hydrogens (tertiary/aromatic N) is 3. The maximum absolute atomic E-state index is 4.39. The summed E-state index contributed by atoms with van der Waals surface area (Å²) in [6.07, 6.45) is 3.39.